The van der Waals surface area contributed by atoms with Gasteiger partial charge in [0, 0.05) is 6.54 Å². The zero-order chi connectivity index (χ0) is 8.53. The van der Waals surface area contributed by atoms with E-state index in [-0.39, 0.29) is 19.8 Å². The highest BCUT2D eigenvalue weighted by atomic mass is 16.5. The molecule has 4 heteroatoms. The minimum Gasteiger partial charge on any atom is -0.452 e. The predicted octanol–water partition coefficient (Wildman–Crippen LogP) is -1.26. The highest BCUT2D eigenvalue weighted by Crippen LogP contribution is 1.73. The molecule has 0 saturated heterocycles. The van der Waals surface area contributed by atoms with Crippen LogP contribution in [0.4, 0.5) is 0 Å². The van der Waals surface area contributed by atoms with E-state index in [4.69, 9.17) is 11.5 Å². The van der Waals surface area contributed by atoms with Crippen molar-refractivity contribution < 1.29 is 14.6 Å². The Hall–Kier alpha value is -1.05. The monoisotopic (exact) mass is 157 g/mol. The van der Waals surface area contributed by atoms with Gasteiger partial charge in [-0.3, -0.25) is 4.79 Å². The number of carbonyl (C=O) groups is 1. The van der Waals surface area contributed by atoms with Gasteiger partial charge in [-0.25, -0.2) is 0 Å². The molecule has 0 spiro atoms. The largest absolute Gasteiger partial charge is 0.452 e. The lowest BCUT2D eigenvalue weighted by atomic mass is 10.6. The summed E-state index contributed by atoms with van der Waals surface area (Å²) in [5.74, 6) is 1.76. The summed E-state index contributed by atoms with van der Waals surface area (Å²) in [7, 11) is 0. The first-order valence-electron chi connectivity index (χ1n) is 3.22. The number of terminal acetylenes is 1. The Kier molecular flexibility index (Phi) is 6.39. The highest BCUT2D eigenvalue weighted by molar-refractivity contribution is 5.71. The van der Waals surface area contributed by atoms with Gasteiger partial charge in [-0.1, -0.05) is 5.92 Å². The molecule has 11 heavy (non-hydrogen) atoms. The first-order chi connectivity index (χ1) is 5.31. The van der Waals surface area contributed by atoms with Gasteiger partial charge >= 0.3 is 5.97 Å². The second-order valence-corrected chi connectivity index (χ2v) is 1.77. The number of esters is 1. The fourth-order valence-corrected chi connectivity index (χ4v) is 0.443. The molecule has 0 saturated carbocycles. The lowest BCUT2D eigenvalue weighted by Crippen LogP contribution is -2.27. The van der Waals surface area contributed by atoms with Crippen molar-refractivity contribution in [1.82, 2.24) is 5.32 Å². The number of ether oxygens (including phenoxy) is 1. The molecular formula is C7H11NO3. The number of hydrogen-bond acceptors (Lipinski definition) is 4. The molecule has 62 valence electrons. The quantitative estimate of drug-likeness (QED) is 0.297. The van der Waals surface area contributed by atoms with Crippen molar-refractivity contribution in [3.05, 3.63) is 0 Å². The van der Waals surface area contributed by atoms with Gasteiger partial charge < -0.3 is 15.2 Å². The third-order valence-electron chi connectivity index (χ3n) is 0.874. The van der Waals surface area contributed by atoms with Gasteiger partial charge in [-0.2, -0.15) is 0 Å². The van der Waals surface area contributed by atoms with E-state index in [0.29, 0.717) is 6.54 Å². The van der Waals surface area contributed by atoms with Crippen LogP contribution in [0.3, 0.4) is 0 Å². The summed E-state index contributed by atoms with van der Waals surface area (Å²) in [6, 6.07) is 0. The van der Waals surface area contributed by atoms with E-state index < -0.39 is 5.97 Å². The van der Waals surface area contributed by atoms with Crippen molar-refractivity contribution in [2.45, 2.75) is 0 Å². The Morgan fingerprint density at radius 1 is 1.73 bits per heavy atom. The van der Waals surface area contributed by atoms with Crippen molar-refractivity contribution in [2.75, 3.05) is 26.3 Å². The van der Waals surface area contributed by atoms with Crippen LogP contribution >= 0.6 is 0 Å². The smallest absolute Gasteiger partial charge is 0.320 e. The molecule has 0 amide bonds. The van der Waals surface area contributed by atoms with E-state index in [1.807, 2.05) is 0 Å². The maximum Gasteiger partial charge on any atom is 0.320 e. The molecule has 0 aromatic heterocycles. The van der Waals surface area contributed by atoms with E-state index in [1.165, 1.54) is 0 Å². The molecule has 0 aliphatic heterocycles. The molecule has 0 aliphatic carbocycles. The first-order valence-corrected chi connectivity index (χ1v) is 3.22. The highest BCUT2D eigenvalue weighted by Gasteiger charge is 1.98. The van der Waals surface area contributed by atoms with E-state index in [2.05, 4.69) is 16.0 Å². The number of hydrogen-bond donors (Lipinski definition) is 2. The molecule has 0 aliphatic rings. The SMILES string of the molecule is C#CCOC(=O)CNCCO. The molecule has 0 fully saturated rings. The van der Waals surface area contributed by atoms with Gasteiger partial charge in [0.2, 0.25) is 0 Å². The summed E-state index contributed by atoms with van der Waals surface area (Å²) >= 11 is 0. The molecule has 0 radical (unpaired) electrons. The van der Waals surface area contributed by atoms with Crippen LogP contribution in [0.2, 0.25) is 0 Å². The molecule has 4 nitrogen and oxygen atoms in total. The zero-order valence-electron chi connectivity index (χ0n) is 6.17. The van der Waals surface area contributed by atoms with Crippen molar-refractivity contribution in [2.24, 2.45) is 0 Å². The van der Waals surface area contributed by atoms with Crippen LogP contribution < -0.4 is 5.32 Å². The van der Waals surface area contributed by atoms with Crippen LogP contribution in [-0.2, 0) is 9.53 Å². The lowest BCUT2D eigenvalue weighted by Gasteiger charge is -2.00. The standard InChI is InChI=1S/C7H11NO3/c1-2-5-11-7(10)6-8-3-4-9/h1,8-9H,3-6H2. The maximum absolute atomic E-state index is 10.6. The average Bonchev–Trinajstić information content (AvgIpc) is 2.01. The van der Waals surface area contributed by atoms with Crippen molar-refractivity contribution in [3.8, 4) is 12.3 Å². The van der Waals surface area contributed by atoms with Crippen molar-refractivity contribution >= 4 is 5.97 Å². The molecule has 2 N–H and O–H groups in total. The summed E-state index contributed by atoms with van der Waals surface area (Å²) in [6.45, 7) is 0.468. The Morgan fingerprint density at radius 3 is 3.00 bits per heavy atom. The molecule has 0 aromatic rings. The van der Waals surface area contributed by atoms with E-state index in [1.54, 1.807) is 0 Å². The number of carbonyl (C=O) groups excluding carboxylic acids is 1. The van der Waals surface area contributed by atoms with Crippen LogP contribution in [0.15, 0.2) is 0 Å². The second kappa shape index (κ2) is 7.06. The van der Waals surface area contributed by atoms with Crippen LogP contribution in [0, 0.1) is 12.3 Å². The van der Waals surface area contributed by atoms with Crippen molar-refractivity contribution in [3.63, 3.8) is 0 Å². The Balaban J connectivity index is 3.17. The summed E-state index contributed by atoms with van der Waals surface area (Å²) in [5.41, 5.74) is 0. The van der Waals surface area contributed by atoms with Gasteiger partial charge in [0.1, 0.15) is 0 Å². The predicted molar refractivity (Wildman–Crippen MR) is 39.7 cm³/mol. The van der Waals surface area contributed by atoms with Crippen LogP contribution in [0.5, 0.6) is 0 Å². The Bertz CT molecular complexity index is 150. The van der Waals surface area contributed by atoms with Gasteiger partial charge in [0.15, 0.2) is 6.61 Å². The number of aliphatic hydroxyl groups excluding tert-OH is 1. The first kappa shape index (κ1) is 9.95. The fraction of sp³-hybridized carbons (Fsp3) is 0.571. The number of nitrogens with one attached hydrogen (secondary N) is 1. The van der Waals surface area contributed by atoms with Crippen LogP contribution in [-0.4, -0.2) is 37.4 Å². The molecule has 0 bridgehead atoms. The molecular weight excluding hydrogens is 146 g/mol. The fourth-order valence-electron chi connectivity index (χ4n) is 0.443. The van der Waals surface area contributed by atoms with Crippen LogP contribution in [0.1, 0.15) is 0 Å². The van der Waals surface area contributed by atoms with E-state index in [0.717, 1.165) is 0 Å². The average molecular weight is 157 g/mol. The second-order valence-electron chi connectivity index (χ2n) is 1.77. The third kappa shape index (κ3) is 6.84. The van der Waals surface area contributed by atoms with E-state index in [9.17, 15) is 4.79 Å². The maximum atomic E-state index is 10.6. The minimum absolute atomic E-state index is 0.000359. The molecule has 0 rings (SSSR count). The third-order valence-corrected chi connectivity index (χ3v) is 0.874. The summed E-state index contributed by atoms with van der Waals surface area (Å²) in [5, 5.41) is 11.0. The molecule has 0 atom stereocenters. The van der Waals surface area contributed by atoms with Gasteiger partial charge in [0.25, 0.3) is 0 Å². The van der Waals surface area contributed by atoms with E-state index >= 15 is 0 Å². The lowest BCUT2D eigenvalue weighted by molar-refractivity contribution is -0.141. The molecule has 0 unspecified atom stereocenters. The Morgan fingerprint density at radius 2 is 2.45 bits per heavy atom. The van der Waals surface area contributed by atoms with Gasteiger partial charge in [-0.15, -0.1) is 6.42 Å². The molecule has 0 heterocycles. The summed E-state index contributed by atoms with van der Waals surface area (Å²) < 4.78 is 4.52. The minimum atomic E-state index is -0.406. The zero-order valence-corrected chi connectivity index (χ0v) is 6.17. The van der Waals surface area contributed by atoms with Gasteiger partial charge in [0.05, 0.1) is 13.2 Å². The van der Waals surface area contributed by atoms with Gasteiger partial charge in [-0.05, 0) is 0 Å². The number of rotatable bonds is 5. The topological polar surface area (TPSA) is 58.6 Å². The summed E-state index contributed by atoms with van der Waals surface area (Å²) in [6.07, 6.45) is 4.84. The Labute approximate surface area is 65.5 Å². The summed E-state index contributed by atoms with van der Waals surface area (Å²) in [4.78, 5) is 10.6. The molecule has 0 aromatic carbocycles. The van der Waals surface area contributed by atoms with Crippen LogP contribution in [0.25, 0.3) is 0 Å². The normalized spacial score (nSPS) is 8.73. The number of aliphatic hydroxyl groups is 1. The van der Waals surface area contributed by atoms with Crippen molar-refractivity contribution in [1.29, 1.82) is 0 Å².